The molecule has 1 amide bonds. The Kier molecular flexibility index (Phi) is 7.00. The number of H-pyrrole nitrogens is 1. The Morgan fingerprint density at radius 2 is 1.90 bits per heavy atom. The molecule has 210 valence electrons. The summed E-state index contributed by atoms with van der Waals surface area (Å²) in [6.45, 7) is 1.76. The Morgan fingerprint density at radius 1 is 1.05 bits per heavy atom. The number of amides is 1. The zero-order chi connectivity index (χ0) is 28.5. The topological polar surface area (TPSA) is 115 Å². The van der Waals surface area contributed by atoms with Crippen LogP contribution in [0, 0.1) is 0 Å². The Bertz CT molecular complexity index is 1830. The summed E-state index contributed by atoms with van der Waals surface area (Å²) in [6.07, 6.45) is 7.16. The van der Waals surface area contributed by atoms with E-state index < -0.39 is 0 Å². The molecule has 4 aromatic heterocycles. The average molecular weight is 624 g/mol. The van der Waals surface area contributed by atoms with Crippen LogP contribution in [0.5, 0.6) is 11.6 Å². The minimum Gasteiger partial charge on any atom is -0.439 e. The highest BCUT2D eigenvalue weighted by molar-refractivity contribution is 9.10. The molecule has 10 nitrogen and oxygen atoms in total. The Balaban J connectivity index is 0.930. The van der Waals surface area contributed by atoms with Gasteiger partial charge < -0.3 is 19.1 Å². The molecule has 0 bridgehead atoms. The van der Waals surface area contributed by atoms with E-state index in [-0.39, 0.29) is 11.8 Å². The molecule has 7 rings (SSSR count). The van der Waals surface area contributed by atoms with Crippen LogP contribution in [-0.4, -0.2) is 54.0 Å². The molecule has 2 aromatic carbocycles. The third kappa shape index (κ3) is 5.55. The number of carbonyl (C=O) groups excluding carboxylic acids is 1. The van der Waals surface area contributed by atoms with Gasteiger partial charge in [0, 0.05) is 70.0 Å². The zero-order valence-electron chi connectivity index (χ0n) is 22.5. The van der Waals surface area contributed by atoms with Gasteiger partial charge in [0.1, 0.15) is 18.0 Å². The Morgan fingerprint density at radius 3 is 2.71 bits per heavy atom. The maximum Gasteiger partial charge on any atom is 0.253 e. The van der Waals surface area contributed by atoms with Crippen molar-refractivity contribution in [2.45, 2.75) is 25.3 Å². The summed E-state index contributed by atoms with van der Waals surface area (Å²) in [6, 6.07) is 21.0. The van der Waals surface area contributed by atoms with Gasteiger partial charge in [0.15, 0.2) is 5.76 Å². The van der Waals surface area contributed by atoms with Gasteiger partial charge in [-0.15, -0.1) is 5.10 Å². The number of aromatic amines is 1. The lowest BCUT2D eigenvalue weighted by molar-refractivity contribution is 0.0711. The van der Waals surface area contributed by atoms with Crippen molar-refractivity contribution in [1.82, 2.24) is 35.0 Å². The summed E-state index contributed by atoms with van der Waals surface area (Å²) in [5, 5.41) is 14.1. The third-order valence-electron chi connectivity index (χ3n) is 7.51. The van der Waals surface area contributed by atoms with Gasteiger partial charge in [-0.3, -0.25) is 4.79 Å². The monoisotopic (exact) mass is 623 g/mol. The van der Waals surface area contributed by atoms with Crippen molar-refractivity contribution in [3.63, 3.8) is 0 Å². The first-order valence-corrected chi connectivity index (χ1v) is 14.5. The van der Waals surface area contributed by atoms with E-state index in [0.29, 0.717) is 36.8 Å². The Hall–Kier alpha value is -4.77. The van der Waals surface area contributed by atoms with E-state index in [1.54, 1.807) is 41.2 Å². The number of likely N-dealkylation sites (tertiary alicyclic amines) is 1. The minimum atomic E-state index is 0.0141. The van der Waals surface area contributed by atoms with Gasteiger partial charge in [-0.25, -0.2) is 9.67 Å². The molecule has 1 fully saturated rings. The first-order valence-electron chi connectivity index (χ1n) is 13.7. The number of nitrogens with zero attached hydrogens (tertiary/aromatic N) is 6. The molecule has 0 unspecified atom stereocenters. The van der Waals surface area contributed by atoms with Gasteiger partial charge in [0.05, 0.1) is 11.9 Å². The molecule has 0 aliphatic carbocycles. The molecule has 1 N–H and O–H groups in total. The predicted molar refractivity (Wildman–Crippen MR) is 159 cm³/mol. The summed E-state index contributed by atoms with van der Waals surface area (Å²) in [4.78, 5) is 22.4. The van der Waals surface area contributed by atoms with Crippen molar-refractivity contribution >= 4 is 32.7 Å². The fourth-order valence-electron chi connectivity index (χ4n) is 5.25. The SMILES string of the molecule is O=C(c1ccc(Oc2ccc(Br)cn2)cc1)N1CCC(c2cc(Cn3cc(-c4ccc5[nH]ccc5c4)nn3)on2)CC1. The van der Waals surface area contributed by atoms with E-state index in [0.717, 1.165) is 50.9 Å². The van der Waals surface area contributed by atoms with Crippen molar-refractivity contribution in [2.24, 2.45) is 0 Å². The smallest absolute Gasteiger partial charge is 0.253 e. The predicted octanol–water partition coefficient (Wildman–Crippen LogP) is 6.43. The van der Waals surface area contributed by atoms with Crippen LogP contribution in [0.2, 0.25) is 0 Å². The third-order valence-corrected chi connectivity index (χ3v) is 7.98. The van der Waals surface area contributed by atoms with Crippen LogP contribution in [0.15, 0.2) is 94.3 Å². The van der Waals surface area contributed by atoms with Crippen LogP contribution in [-0.2, 0) is 6.54 Å². The standard InChI is InChI=1S/C31H26BrN7O3/c32-24-4-8-30(34-17-24)41-25-5-1-21(2-6-25)31(40)38-13-10-20(11-14-38)28-16-26(42-36-28)18-39-19-29(35-37-39)22-3-7-27-23(15-22)9-12-33-27/h1-9,12,15-17,19-20,33H,10-11,13-14,18H2. The quantitative estimate of drug-likeness (QED) is 0.218. The lowest BCUT2D eigenvalue weighted by atomic mass is 9.93. The summed E-state index contributed by atoms with van der Waals surface area (Å²) in [5.41, 5.74) is 4.45. The number of ether oxygens (including phenoxy) is 1. The van der Waals surface area contributed by atoms with Gasteiger partial charge >= 0.3 is 0 Å². The fourth-order valence-corrected chi connectivity index (χ4v) is 5.48. The van der Waals surface area contributed by atoms with Crippen LogP contribution in [0.4, 0.5) is 0 Å². The molecule has 1 saturated heterocycles. The molecule has 0 spiro atoms. The van der Waals surface area contributed by atoms with Crippen LogP contribution >= 0.6 is 15.9 Å². The second kappa shape index (κ2) is 11.2. The maximum atomic E-state index is 13.1. The fraction of sp³-hybridized carbons (Fsp3) is 0.194. The van der Waals surface area contributed by atoms with Gasteiger partial charge in [0.25, 0.3) is 5.91 Å². The number of fused-ring (bicyclic) bond motifs is 1. The molecule has 1 aliphatic heterocycles. The van der Waals surface area contributed by atoms with Crippen LogP contribution in [0.25, 0.3) is 22.2 Å². The van der Waals surface area contributed by atoms with Crippen LogP contribution < -0.4 is 4.74 Å². The van der Waals surface area contributed by atoms with Crippen LogP contribution in [0.3, 0.4) is 0 Å². The largest absolute Gasteiger partial charge is 0.439 e. The number of hydrogen-bond acceptors (Lipinski definition) is 7. The van der Waals surface area contributed by atoms with Crippen molar-refractivity contribution in [2.75, 3.05) is 13.1 Å². The first-order chi connectivity index (χ1) is 20.6. The van der Waals surface area contributed by atoms with E-state index in [2.05, 4.69) is 47.4 Å². The van der Waals surface area contributed by atoms with Gasteiger partial charge in [-0.05, 0) is 77.3 Å². The number of nitrogens with one attached hydrogen (secondary N) is 1. The van der Waals surface area contributed by atoms with Gasteiger partial charge in [-0.2, -0.15) is 0 Å². The number of pyridine rings is 1. The first kappa shape index (κ1) is 26.1. The normalized spacial score (nSPS) is 14.0. The van der Waals surface area contributed by atoms with E-state index >= 15 is 0 Å². The summed E-state index contributed by atoms with van der Waals surface area (Å²) >= 11 is 3.36. The average Bonchev–Trinajstić information content (AvgIpc) is 3.80. The Labute approximate surface area is 249 Å². The van der Waals surface area contributed by atoms with Crippen molar-refractivity contribution < 1.29 is 14.1 Å². The molecule has 5 heterocycles. The number of carbonyl (C=O) groups is 1. The number of piperidine rings is 1. The van der Waals surface area contributed by atoms with Gasteiger partial charge in [0.2, 0.25) is 5.88 Å². The summed E-state index contributed by atoms with van der Waals surface area (Å²) in [5.74, 6) is 2.09. The number of hydrogen-bond donors (Lipinski definition) is 1. The molecule has 0 atom stereocenters. The molecule has 1 aliphatic rings. The maximum absolute atomic E-state index is 13.1. The van der Waals surface area contributed by atoms with Crippen LogP contribution in [0.1, 0.15) is 40.6 Å². The highest BCUT2D eigenvalue weighted by Gasteiger charge is 2.27. The van der Waals surface area contributed by atoms with Crippen molar-refractivity contribution in [1.29, 1.82) is 0 Å². The second-order valence-electron chi connectivity index (χ2n) is 10.3. The van der Waals surface area contributed by atoms with E-state index in [4.69, 9.17) is 9.26 Å². The molecule has 0 radical (unpaired) electrons. The summed E-state index contributed by atoms with van der Waals surface area (Å²) in [7, 11) is 0. The number of rotatable bonds is 7. The molecular weight excluding hydrogens is 598 g/mol. The highest BCUT2D eigenvalue weighted by Crippen LogP contribution is 2.29. The molecule has 0 saturated carbocycles. The lowest BCUT2D eigenvalue weighted by Gasteiger charge is -2.31. The van der Waals surface area contributed by atoms with E-state index in [9.17, 15) is 4.79 Å². The number of aromatic nitrogens is 6. The lowest BCUT2D eigenvalue weighted by Crippen LogP contribution is -2.37. The number of benzene rings is 2. The second-order valence-corrected chi connectivity index (χ2v) is 11.2. The zero-order valence-corrected chi connectivity index (χ0v) is 24.1. The molecular formula is C31H26BrN7O3. The summed E-state index contributed by atoms with van der Waals surface area (Å²) < 4.78 is 14.1. The van der Waals surface area contributed by atoms with E-state index in [1.165, 1.54) is 0 Å². The number of halogens is 1. The molecule has 11 heteroatoms. The van der Waals surface area contributed by atoms with Crippen molar-refractivity contribution in [3.8, 4) is 22.9 Å². The molecule has 6 aromatic rings. The van der Waals surface area contributed by atoms with Crippen molar-refractivity contribution in [3.05, 3.63) is 107 Å². The van der Waals surface area contributed by atoms with E-state index in [1.807, 2.05) is 47.6 Å². The minimum absolute atomic E-state index is 0.0141. The molecule has 42 heavy (non-hydrogen) atoms. The highest BCUT2D eigenvalue weighted by atomic mass is 79.9. The van der Waals surface area contributed by atoms with Gasteiger partial charge in [-0.1, -0.05) is 16.4 Å².